The van der Waals surface area contributed by atoms with Crippen molar-refractivity contribution < 1.29 is 9.59 Å². The van der Waals surface area contributed by atoms with Crippen LogP contribution in [-0.2, 0) is 16.0 Å². The predicted molar refractivity (Wildman–Crippen MR) is 85.8 cm³/mol. The van der Waals surface area contributed by atoms with Gasteiger partial charge in [0.15, 0.2) is 0 Å². The van der Waals surface area contributed by atoms with E-state index in [1.54, 1.807) is 18.3 Å². The summed E-state index contributed by atoms with van der Waals surface area (Å²) in [5.74, 6) is 0.739. The average molecular weight is 321 g/mol. The van der Waals surface area contributed by atoms with E-state index in [4.69, 9.17) is 0 Å². The molecule has 0 N–H and O–H groups in total. The van der Waals surface area contributed by atoms with E-state index in [2.05, 4.69) is 4.98 Å². The van der Waals surface area contributed by atoms with Crippen LogP contribution in [0.15, 0.2) is 0 Å². The van der Waals surface area contributed by atoms with Crippen molar-refractivity contribution in [1.29, 1.82) is 0 Å². The smallest absolute Gasteiger partial charge is 0.228 e. The van der Waals surface area contributed by atoms with Crippen molar-refractivity contribution >= 4 is 23.2 Å². The number of rotatable bonds is 2. The standard InChI is InChI=1S/C16H23N3O2S/c1-10-15(22-11(2)17-10)6-16(21)19-8-13-4-5-14(19)9-18(7-13)12(3)20/h13-14H,4-9H2,1-3H3/t13-,14+/m1/s1. The van der Waals surface area contributed by atoms with E-state index in [-0.39, 0.29) is 17.9 Å². The van der Waals surface area contributed by atoms with Crippen LogP contribution in [0.3, 0.4) is 0 Å². The molecule has 1 aromatic rings. The Labute approximate surface area is 135 Å². The topological polar surface area (TPSA) is 53.5 Å². The van der Waals surface area contributed by atoms with Gasteiger partial charge in [-0.2, -0.15) is 0 Å². The van der Waals surface area contributed by atoms with Crippen molar-refractivity contribution in [3.05, 3.63) is 15.6 Å². The van der Waals surface area contributed by atoms with Crippen molar-refractivity contribution in [3.8, 4) is 0 Å². The Hall–Kier alpha value is -1.43. The van der Waals surface area contributed by atoms with Crippen LogP contribution in [0.4, 0.5) is 0 Å². The second kappa shape index (κ2) is 5.99. The van der Waals surface area contributed by atoms with Gasteiger partial charge in [-0.3, -0.25) is 9.59 Å². The highest BCUT2D eigenvalue weighted by Gasteiger charge is 2.37. The summed E-state index contributed by atoms with van der Waals surface area (Å²) in [6.07, 6.45) is 2.58. The van der Waals surface area contributed by atoms with Gasteiger partial charge in [-0.25, -0.2) is 4.98 Å². The van der Waals surface area contributed by atoms with E-state index in [1.165, 1.54) is 0 Å². The first-order valence-electron chi connectivity index (χ1n) is 7.92. The van der Waals surface area contributed by atoms with Crippen molar-refractivity contribution in [2.24, 2.45) is 5.92 Å². The lowest BCUT2D eigenvalue weighted by Gasteiger charge is -2.36. The normalized spacial score (nSPS) is 24.5. The van der Waals surface area contributed by atoms with Gasteiger partial charge < -0.3 is 9.80 Å². The Morgan fingerprint density at radius 2 is 2.00 bits per heavy atom. The lowest BCUT2D eigenvalue weighted by atomic mass is 9.94. The fourth-order valence-electron chi connectivity index (χ4n) is 3.62. The van der Waals surface area contributed by atoms with E-state index in [0.717, 1.165) is 41.5 Å². The summed E-state index contributed by atoms with van der Waals surface area (Å²) in [4.78, 5) is 33.9. The number of piperidine rings is 1. The van der Waals surface area contributed by atoms with Gasteiger partial charge in [-0.05, 0) is 32.6 Å². The Morgan fingerprint density at radius 1 is 1.23 bits per heavy atom. The van der Waals surface area contributed by atoms with Gasteiger partial charge in [0.05, 0.1) is 17.1 Å². The van der Waals surface area contributed by atoms with Crippen LogP contribution in [0.25, 0.3) is 0 Å². The van der Waals surface area contributed by atoms with Crippen LogP contribution in [-0.4, -0.2) is 52.3 Å². The first-order chi connectivity index (χ1) is 10.4. The second-order valence-electron chi connectivity index (χ2n) is 6.49. The fourth-order valence-corrected chi connectivity index (χ4v) is 4.55. The molecule has 0 unspecified atom stereocenters. The van der Waals surface area contributed by atoms with E-state index >= 15 is 0 Å². The molecule has 3 aliphatic heterocycles. The Bertz CT molecular complexity index is 598. The maximum Gasteiger partial charge on any atom is 0.228 e. The maximum atomic E-state index is 12.7. The molecule has 0 radical (unpaired) electrons. The molecule has 6 heteroatoms. The van der Waals surface area contributed by atoms with Crippen molar-refractivity contribution in [2.75, 3.05) is 19.6 Å². The molecular formula is C16H23N3O2S. The number of hydrogen-bond donors (Lipinski definition) is 0. The van der Waals surface area contributed by atoms with E-state index in [0.29, 0.717) is 18.9 Å². The van der Waals surface area contributed by atoms with Crippen molar-refractivity contribution in [1.82, 2.24) is 14.8 Å². The molecule has 3 aliphatic rings. The largest absolute Gasteiger partial charge is 0.341 e. The Kier molecular flexibility index (Phi) is 4.21. The van der Waals surface area contributed by atoms with Crippen LogP contribution in [0.1, 0.15) is 35.3 Å². The number of carbonyl (C=O) groups excluding carboxylic acids is 2. The number of aryl methyl sites for hydroxylation is 2. The second-order valence-corrected chi connectivity index (χ2v) is 7.77. The summed E-state index contributed by atoms with van der Waals surface area (Å²) >= 11 is 1.61. The van der Waals surface area contributed by atoms with Gasteiger partial charge in [0.25, 0.3) is 0 Å². The zero-order valence-electron chi connectivity index (χ0n) is 13.5. The SMILES string of the molecule is CC(=O)N1C[C@H]2CC[C@@H](C1)N(C(=O)Cc1sc(C)nc1C)C2. The number of nitrogens with zero attached hydrogens (tertiary/aromatic N) is 3. The average Bonchev–Trinajstić information content (AvgIpc) is 2.67. The molecule has 22 heavy (non-hydrogen) atoms. The molecule has 2 amide bonds. The number of amides is 2. The summed E-state index contributed by atoms with van der Waals surface area (Å²) < 4.78 is 0. The summed E-state index contributed by atoms with van der Waals surface area (Å²) in [7, 11) is 0. The summed E-state index contributed by atoms with van der Waals surface area (Å²) in [5.41, 5.74) is 0.973. The number of thiazole rings is 1. The monoisotopic (exact) mass is 321 g/mol. The molecule has 4 heterocycles. The Balaban J connectivity index is 1.73. The van der Waals surface area contributed by atoms with E-state index < -0.39 is 0 Å². The van der Waals surface area contributed by atoms with Crippen molar-refractivity contribution in [3.63, 3.8) is 0 Å². The molecule has 0 aromatic carbocycles. The van der Waals surface area contributed by atoms with Crippen LogP contribution >= 0.6 is 11.3 Å². The van der Waals surface area contributed by atoms with Gasteiger partial charge in [-0.1, -0.05) is 0 Å². The summed E-state index contributed by atoms with van der Waals surface area (Å²) in [5, 5.41) is 1.01. The highest BCUT2D eigenvalue weighted by molar-refractivity contribution is 7.11. The third kappa shape index (κ3) is 3.02. The molecule has 2 atom stereocenters. The van der Waals surface area contributed by atoms with Crippen LogP contribution in [0.2, 0.25) is 0 Å². The predicted octanol–water partition coefficient (Wildman–Crippen LogP) is 1.77. The van der Waals surface area contributed by atoms with Gasteiger partial charge in [0.1, 0.15) is 0 Å². The fraction of sp³-hybridized carbons (Fsp3) is 0.688. The zero-order chi connectivity index (χ0) is 15.9. The first-order valence-corrected chi connectivity index (χ1v) is 8.73. The number of fused-ring (bicyclic) bond motifs is 4. The molecular weight excluding hydrogens is 298 g/mol. The van der Waals surface area contributed by atoms with Gasteiger partial charge >= 0.3 is 0 Å². The van der Waals surface area contributed by atoms with Crippen molar-refractivity contribution in [2.45, 2.75) is 46.1 Å². The highest BCUT2D eigenvalue weighted by atomic mass is 32.1. The molecule has 0 saturated carbocycles. The third-order valence-electron chi connectivity index (χ3n) is 4.79. The van der Waals surface area contributed by atoms with E-state index in [9.17, 15) is 9.59 Å². The number of carbonyl (C=O) groups is 2. The van der Waals surface area contributed by atoms with E-state index in [1.807, 2.05) is 23.6 Å². The molecule has 5 nitrogen and oxygen atoms in total. The molecule has 3 saturated heterocycles. The molecule has 120 valence electrons. The van der Waals surface area contributed by atoms with Crippen LogP contribution in [0, 0.1) is 19.8 Å². The summed E-state index contributed by atoms with van der Waals surface area (Å²) in [6.45, 7) is 7.86. The zero-order valence-corrected chi connectivity index (χ0v) is 14.3. The summed E-state index contributed by atoms with van der Waals surface area (Å²) in [6, 6.07) is 0.185. The molecule has 0 spiro atoms. The van der Waals surface area contributed by atoms with Gasteiger partial charge in [0.2, 0.25) is 11.8 Å². The van der Waals surface area contributed by atoms with Gasteiger partial charge in [0, 0.05) is 37.5 Å². The molecule has 1 aromatic heterocycles. The van der Waals surface area contributed by atoms with Crippen LogP contribution < -0.4 is 0 Å². The minimum absolute atomic E-state index is 0.125. The maximum absolute atomic E-state index is 12.7. The third-order valence-corrected chi connectivity index (χ3v) is 5.86. The highest BCUT2D eigenvalue weighted by Crippen LogP contribution is 2.29. The number of hydrogen-bond acceptors (Lipinski definition) is 4. The van der Waals surface area contributed by atoms with Crippen LogP contribution in [0.5, 0.6) is 0 Å². The molecule has 2 bridgehead atoms. The molecule has 0 aliphatic carbocycles. The first kappa shape index (κ1) is 15.5. The molecule has 4 rings (SSSR count). The number of aromatic nitrogens is 1. The lowest BCUT2D eigenvalue weighted by molar-refractivity contribution is -0.135. The minimum atomic E-state index is 0.125. The lowest BCUT2D eigenvalue weighted by Crippen LogP contribution is -2.48. The van der Waals surface area contributed by atoms with Gasteiger partial charge in [-0.15, -0.1) is 11.3 Å². The quantitative estimate of drug-likeness (QED) is 0.834. The minimum Gasteiger partial charge on any atom is -0.341 e. The molecule has 3 fully saturated rings. The Morgan fingerprint density at radius 3 is 2.64 bits per heavy atom.